The third-order valence-corrected chi connectivity index (χ3v) is 2.81. The second-order valence-corrected chi connectivity index (χ2v) is 4.64. The molecule has 0 aromatic carbocycles. The fourth-order valence-corrected chi connectivity index (χ4v) is 1.53. The maximum absolute atomic E-state index is 11.7. The third-order valence-electron chi connectivity index (χ3n) is 2.81. The smallest absolute Gasteiger partial charge is 0.236 e. The molecule has 0 saturated heterocycles. The number of nitrogens with one attached hydrogen (secondary N) is 2. The van der Waals surface area contributed by atoms with Crippen LogP contribution in [0.25, 0.3) is 0 Å². The summed E-state index contributed by atoms with van der Waals surface area (Å²) in [5, 5.41) is 6.10. The fourth-order valence-electron chi connectivity index (χ4n) is 1.53. The fraction of sp³-hybridized carbons (Fsp3) is 0.929. The molecule has 0 aromatic heterocycles. The minimum atomic E-state index is -0.138. The maximum Gasteiger partial charge on any atom is 0.236 e. The second kappa shape index (κ2) is 12.8. The van der Waals surface area contributed by atoms with Crippen LogP contribution >= 0.6 is 0 Å². The molecule has 18 heavy (non-hydrogen) atoms. The van der Waals surface area contributed by atoms with Crippen LogP contribution in [-0.2, 0) is 9.53 Å². The normalized spacial score (nSPS) is 12.4. The third kappa shape index (κ3) is 10.5. The molecular weight excluding hydrogens is 228 g/mol. The molecule has 0 spiro atoms. The molecule has 1 amide bonds. The van der Waals surface area contributed by atoms with E-state index in [0.29, 0.717) is 6.61 Å². The molecule has 0 aliphatic rings. The molecule has 4 heteroatoms. The van der Waals surface area contributed by atoms with Crippen molar-refractivity contribution in [3.05, 3.63) is 0 Å². The Balaban J connectivity index is 3.38. The van der Waals surface area contributed by atoms with Gasteiger partial charge < -0.3 is 15.4 Å². The summed E-state index contributed by atoms with van der Waals surface area (Å²) in [6.45, 7) is 9.19. The largest absolute Gasteiger partial charge is 0.380 e. The van der Waals surface area contributed by atoms with Crippen molar-refractivity contribution in [2.45, 2.75) is 58.9 Å². The molecule has 4 nitrogen and oxygen atoms in total. The van der Waals surface area contributed by atoms with E-state index in [2.05, 4.69) is 24.5 Å². The summed E-state index contributed by atoms with van der Waals surface area (Å²) >= 11 is 0. The van der Waals surface area contributed by atoms with Gasteiger partial charge in [0.1, 0.15) is 0 Å². The number of unbranched alkanes of at least 4 members (excludes halogenated alkanes) is 3. The van der Waals surface area contributed by atoms with Gasteiger partial charge in [0.25, 0.3) is 0 Å². The maximum atomic E-state index is 11.7. The highest BCUT2D eigenvalue weighted by Crippen LogP contribution is 1.92. The van der Waals surface area contributed by atoms with Crippen LogP contribution in [0.2, 0.25) is 0 Å². The van der Waals surface area contributed by atoms with Crippen molar-refractivity contribution in [1.82, 2.24) is 10.6 Å². The molecule has 1 unspecified atom stereocenters. The highest BCUT2D eigenvalue weighted by atomic mass is 16.5. The van der Waals surface area contributed by atoms with E-state index in [1.165, 1.54) is 12.8 Å². The molecule has 0 rings (SSSR count). The lowest BCUT2D eigenvalue weighted by Crippen LogP contribution is -2.43. The lowest BCUT2D eigenvalue weighted by molar-refractivity contribution is -0.122. The van der Waals surface area contributed by atoms with Crippen LogP contribution in [-0.4, -0.2) is 38.3 Å². The van der Waals surface area contributed by atoms with Gasteiger partial charge in [-0.05, 0) is 19.8 Å². The highest BCUT2D eigenvalue weighted by molar-refractivity contribution is 5.81. The van der Waals surface area contributed by atoms with Gasteiger partial charge in [0, 0.05) is 19.7 Å². The molecule has 0 heterocycles. The van der Waals surface area contributed by atoms with E-state index in [-0.39, 0.29) is 11.9 Å². The van der Waals surface area contributed by atoms with Crippen LogP contribution in [0.3, 0.4) is 0 Å². The lowest BCUT2D eigenvalue weighted by Gasteiger charge is -2.14. The zero-order valence-electron chi connectivity index (χ0n) is 12.3. The summed E-state index contributed by atoms with van der Waals surface area (Å²) in [7, 11) is 0. The summed E-state index contributed by atoms with van der Waals surface area (Å²) in [5.74, 6) is 0.0830. The average Bonchev–Trinajstić information content (AvgIpc) is 2.38. The number of ether oxygens (including phenoxy) is 1. The summed E-state index contributed by atoms with van der Waals surface area (Å²) in [4.78, 5) is 11.7. The molecule has 0 fully saturated rings. The Bertz CT molecular complexity index is 198. The summed E-state index contributed by atoms with van der Waals surface area (Å²) in [6, 6.07) is -0.138. The highest BCUT2D eigenvalue weighted by Gasteiger charge is 2.10. The zero-order chi connectivity index (χ0) is 13.6. The van der Waals surface area contributed by atoms with E-state index in [1.807, 2.05) is 6.92 Å². The van der Waals surface area contributed by atoms with Gasteiger partial charge in [0.15, 0.2) is 0 Å². The van der Waals surface area contributed by atoms with E-state index in [0.717, 1.165) is 39.0 Å². The Kier molecular flexibility index (Phi) is 12.4. The van der Waals surface area contributed by atoms with Gasteiger partial charge in [-0.25, -0.2) is 0 Å². The van der Waals surface area contributed by atoms with Gasteiger partial charge in [0.2, 0.25) is 5.91 Å². The SMILES string of the molecule is CCCCCNC(=O)C(C)NCCOCCCC. The molecular formula is C14H30N2O2. The first kappa shape index (κ1) is 17.4. The molecule has 0 radical (unpaired) electrons. The predicted octanol–water partition coefficient (Wildman–Crippen LogP) is 2.09. The Morgan fingerprint density at radius 2 is 1.78 bits per heavy atom. The van der Waals surface area contributed by atoms with E-state index in [4.69, 9.17) is 4.74 Å². The Labute approximate surface area is 112 Å². The number of carbonyl (C=O) groups is 1. The first-order valence-electron chi connectivity index (χ1n) is 7.31. The van der Waals surface area contributed by atoms with Crippen molar-refractivity contribution in [3.8, 4) is 0 Å². The van der Waals surface area contributed by atoms with Gasteiger partial charge >= 0.3 is 0 Å². The van der Waals surface area contributed by atoms with Crippen LogP contribution in [0.5, 0.6) is 0 Å². The quantitative estimate of drug-likeness (QED) is 0.527. The van der Waals surface area contributed by atoms with Gasteiger partial charge in [-0.2, -0.15) is 0 Å². The zero-order valence-corrected chi connectivity index (χ0v) is 12.3. The standard InChI is InChI=1S/C14H30N2O2/c1-4-6-8-9-16-14(17)13(3)15-10-12-18-11-7-5-2/h13,15H,4-12H2,1-3H3,(H,16,17). The van der Waals surface area contributed by atoms with Crippen LogP contribution in [0.15, 0.2) is 0 Å². The summed E-state index contributed by atoms with van der Waals surface area (Å²) < 4.78 is 5.42. The Morgan fingerprint density at radius 3 is 2.44 bits per heavy atom. The van der Waals surface area contributed by atoms with Crippen molar-refractivity contribution in [2.24, 2.45) is 0 Å². The molecule has 1 atom stereocenters. The van der Waals surface area contributed by atoms with Crippen molar-refractivity contribution in [3.63, 3.8) is 0 Å². The monoisotopic (exact) mass is 258 g/mol. The number of rotatable bonds is 12. The molecule has 0 saturated carbocycles. The minimum Gasteiger partial charge on any atom is -0.380 e. The minimum absolute atomic E-state index is 0.0830. The van der Waals surface area contributed by atoms with Gasteiger partial charge in [0.05, 0.1) is 12.6 Å². The first-order valence-corrected chi connectivity index (χ1v) is 7.31. The van der Waals surface area contributed by atoms with Crippen LogP contribution < -0.4 is 10.6 Å². The topological polar surface area (TPSA) is 50.4 Å². The molecule has 0 aliphatic heterocycles. The molecule has 0 aromatic rings. The predicted molar refractivity (Wildman–Crippen MR) is 75.7 cm³/mol. The van der Waals surface area contributed by atoms with Crippen molar-refractivity contribution < 1.29 is 9.53 Å². The van der Waals surface area contributed by atoms with E-state index < -0.39 is 0 Å². The number of hydrogen-bond donors (Lipinski definition) is 2. The second-order valence-electron chi connectivity index (χ2n) is 4.64. The van der Waals surface area contributed by atoms with E-state index >= 15 is 0 Å². The van der Waals surface area contributed by atoms with Crippen LogP contribution in [0.1, 0.15) is 52.9 Å². The summed E-state index contributed by atoms with van der Waals surface area (Å²) in [5.41, 5.74) is 0. The van der Waals surface area contributed by atoms with E-state index in [1.54, 1.807) is 0 Å². The van der Waals surface area contributed by atoms with Gasteiger partial charge in [-0.15, -0.1) is 0 Å². The van der Waals surface area contributed by atoms with Crippen LogP contribution in [0, 0.1) is 0 Å². The number of carbonyl (C=O) groups excluding carboxylic acids is 1. The average molecular weight is 258 g/mol. The Morgan fingerprint density at radius 1 is 1.06 bits per heavy atom. The molecule has 2 N–H and O–H groups in total. The van der Waals surface area contributed by atoms with Crippen LogP contribution in [0.4, 0.5) is 0 Å². The van der Waals surface area contributed by atoms with Gasteiger partial charge in [-0.1, -0.05) is 33.1 Å². The summed E-state index contributed by atoms with van der Waals surface area (Å²) in [6.07, 6.45) is 5.68. The number of amides is 1. The molecule has 0 aliphatic carbocycles. The molecule has 0 bridgehead atoms. The Hall–Kier alpha value is -0.610. The lowest BCUT2D eigenvalue weighted by atomic mass is 10.2. The number of hydrogen-bond acceptors (Lipinski definition) is 3. The van der Waals surface area contributed by atoms with E-state index in [9.17, 15) is 4.79 Å². The van der Waals surface area contributed by atoms with Crippen molar-refractivity contribution >= 4 is 5.91 Å². The van der Waals surface area contributed by atoms with Gasteiger partial charge in [-0.3, -0.25) is 4.79 Å². The van der Waals surface area contributed by atoms with Crippen molar-refractivity contribution in [2.75, 3.05) is 26.3 Å². The first-order chi connectivity index (χ1) is 8.72. The molecule has 108 valence electrons. The van der Waals surface area contributed by atoms with Crippen molar-refractivity contribution in [1.29, 1.82) is 0 Å².